The molecule has 3 N–H and O–H groups in total. The Hall–Kier alpha value is -2.80. The van der Waals surface area contributed by atoms with Gasteiger partial charge in [-0.3, -0.25) is 0 Å². The van der Waals surface area contributed by atoms with Gasteiger partial charge in [-0.25, -0.2) is 4.99 Å². The Bertz CT molecular complexity index is 612. The zero-order valence-corrected chi connectivity index (χ0v) is 10.4. The lowest BCUT2D eigenvalue weighted by atomic mass is 10.2. The molecule has 0 radical (unpaired) electrons. The van der Waals surface area contributed by atoms with Gasteiger partial charge in [0.15, 0.2) is 5.96 Å². The van der Waals surface area contributed by atoms with Gasteiger partial charge in [0.05, 0.1) is 17.8 Å². The molecule has 0 unspecified atom stereocenters. The number of nitrogens with two attached hydrogens (primary N) is 1. The van der Waals surface area contributed by atoms with E-state index in [0.29, 0.717) is 23.8 Å². The number of anilines is 1. The van der Waals surface area contributed by atoms with Crippen LogP contribution in [0.1, 0.15) is 11.1 Å². The van der Waals surface area contributed by atoms with Crippen molar-refractivity contribution in [3.63, 3.8) is 0 Å². The Balaban J connectivity index is 2.05. The number of rotatable bonds is 3. The summed E-state index contributed by atoms with van der Waals surface area (Å²) in [6, 6.07) is 19.1. The van der Waals surface area contributed by atoms with Gasteiger partial charge in [-0.15, -0.1) is 0 Å². The van der Waals surface area contributed by atoms with Crippen molar-refractivity contribution in [3.05, 3.63) is 65.7 Å². The Kier molecular flexibility index (Phi) is 4.14. The second-order valence-electron chi connectivity index (χ2n) is 3.97. The van der Waals surface area contributed by atoms with Gasteiger partial charge < -0.3 is 11.1 Å². The van der Waals surface area contributed by atoms with Crippen LogP contribution in [0.5, 0.6) is 0 Å². The zero-order chi connectivity index (χ0) is 13.5. The van der Waals surface area contributed by atoms with Crippen LogP contribution in [0.15, 0.2) is 59.6 Å². The number of nitrogens with one attached hydrogen (secondary N) is 1. The first-order chi connectivity index (χ1) is 9.29. The lowest BCUT2D eigenvalue weighted by Gasteiger charge is -2.07. The van der Waals surface area contributed by atoms with E-state index in [1.807, 2.05) is 36.4 Å². The molecule has 0 fully saturated rings. The van der Waals surface area contributed by atoms with E-state index in [4.69, 9.17) is 11.0 Å². The highest BCUT2D eigenvalue weighted by atomic mass is 15.1. The maximum atomic E-state index is 8.97. The van der Waals surface area contributed by atoms with Crippen LogP contribution in [0, 0.1) is 11.3 Å². The normalized spacial score (nSPS) is 10.8. The van der Waals surface area contributed by atoms with Crippen molar-refractivity contribution >= 4 is 11.6 Å². The highest BCUT2D eigenvalue weighted by Crippen LogP contribution is 2.13. The molecule has 0 bridgehead atoms. The molecular weight excluding hydrogens is 236 g/mol. The Morgan fingerprint density at radius 1 is 1.11 bits per heavy atom. The predicted molar refractivity (Wildman–Crippen MR) is 76.5 cm³/mol. The molecule has 0 aromatic heterocycles. The maximum absolute atomic E-state index is 8.97. The number of nitriles is 1. The summed E-state index contributed by atoms with van der Waals surface area (Å²) in [7, 11) is 0. The fourth-order valence-corrected chi connectivity index (χ4v) is 1.63. The van der Waals surface area contributed by atoms with Gasteiger partial charge in [-0.05, 0) is 17.7 Å². The van der Waals surface area contributed by atoms with Crippen molar-refractivity contribution in [1.82, 2.24) is 0 Å². The van der Waals surface area contributed by atoms with Crippen molar-refractivity contribution in [2.75, 3.05) is 5.32 Å². The number of para-hydroxylation sites is 1. The summed E-state index contributed by atoms with van der Waals surface area (Å²) in [5.74, 6) is 0.298. The van der Waals surface area contributed by atoms with E-state index in [0.717, 1.165) is 5.56 Å². The van der Waals surface area contributed by atoms with Crippen LogP contribution in [0.4, 0.5) is 5.69 Å². The first kappa shape index (κ1) is 12.7. The largest absolute Gasteiger partial charge is 0.370 e. The third kappa shape index (κ3) is 3.58. The van der Waals surface area contributed by atoms with Gasteiger partial charge in [-0.2, -0.15) is 5.26 Å². The minimum Gasteiger partial charge on any atom is -0.370 e. The molecule has 19 heavy (non-hydrogen) atoms. The van der Waals surface area contributed by atoms with Crippen molar-refractivity contribution in [3.8, 4) is 6.07 Å². The summed E-state index contributed by atoms with van der Waals surface area (Å²) in [5.41, 5.74) is 8.10. The number of benzene rings is 2. The number of nitrogens with zero attached hydrogens (tertiary/aromatic N) is 2. The molecule has 0 aliphatic carbocycles. The molecule has 0 aliphatic heterocycles. The highest BCUT2D eigenvalue weighted by molar-refractivity contribution is 5.93. The van der Waals surface area contributed by atoms with Gasteiger partial charge >= 0.3 is 0 Å². The summed E-state index contributed by atoms with van der Waals surface area (Å²) in [4.78, 5) is 4.24. The molecule has 4 nitrogen and oxygen atoms in total. The van der Waals surface area contributed by atoms with Crippen LogP contribution in [-0.4, -0.2) is 5.96 Å². The molecule has 2 aromatic rings. The van der Waals surface area contributed by atoms with Crippen molar-refractivity contribution in [1.29, 1.82) is 5.26 Å². The van der Waals surface area contributed by atoms with Gasteiger partial charge in [0.25, 0.3) is 0 Å². The summed E-state index contributed by atoms with van der Waals surface area (Å²) in [5, 5.41) is 11.9. The van der Waals surface area contributed by atoms with Crippen LogP contribution >= 0.6 is 0 Å². The number of guanidine groups is 1. The fourth-order valence-electron chi connectivity index (χ4n) is 1.63. The van der Waals surface area contributed by atoms with E-state index in [1.165, 1.54) is 0 Å². The third-order valence-electron chi connectivity index (χ3n) is 2.59. The van der Waals surface area contributed by atoms with E-state index in [2.05, 4.69) is 16.4 Å². The molecule has 4 heteroatoms. The number of hydrogen-bond donors (Lipinski definition) is 2. The molecule has 0 saturated heterocycles. The summed E-state index contributed by atoms with van der Waals surface area (Å²) in [6.45, 7) is 0.508. The number of hydrogen-bond acceptors (Lipinski definition) is 2. The van der Waals surface area contributed by atoms with Crippen LogP contribution in [0.3, 0.4) is 0 Å². The summed E-state index contributed by atoms with van der Waals surface area (Å²) < 4.78 is 0. The van der Waals surface area contributed by atoms with E-state index in [1.54, 1.807) is 18.2 Å². The molecule has 0 aliphatic rings. The van der Waals surface area contributed by atoms with E-state index in [-0.39, 0.29) is 0 Å². The van der Waals surface area contributed by atoms with Crippen LogP contribution < -0.4 is 11.1 Å². The zero-order valence-electron chi connectivity index (χ0n) is 10.4. The average molecular weight is 250 g/mol. The first-order valence-electron chi connectivity index (χ1n) is 5.89. The molecule has 0 saturated carbocycles. The lowest BCUT2D eigenvalue weighted by Crippen LogP contribution is -2.23. The van der Waals surface area contributed by atoms with Crippen molar-refractivity contribution in [2.24, 2.45) is 10.7 Å². The molecule has 94 valence electrons. The fraction of sp³-hybridized carbons (Fsp3) is 0.0667. The standard InChI is InChI=1S/C15H14N4/c16-10-13-8-4-5-9-14(13)19-15(17)18-11-12-6-2-1-3-7-12/h1-9H,11H2,(H3,17,18,19). The molecule has 0 atom stereocenters. The van der Waals surface area contributed by atoms with E-state index in [9.17, 15) is 0 Å². The average Bonchev–Trinajstić information content (AvgIpc) is 2.47. The van der Waals surface area contributed by atoms with E-state index < -0.39 is 0 Å². The van der Waals surface area contributed by atoms with Gasteiger partial charge in [-0.1, -0.05) is 42.5 Å². The monoisotopic (exact) mass is 250 g/mol. The second-order valence-corrected chi connectivity index (χ2v) is 3.97. The molecule has 2 rings (SSSR count). The minimum absolute atomic E-state index is 0.298. The quantitative estimate of drug-likeness (QED) is 0.649. The van der Waals surface area contributed by atoms with Gasteiger partial charge in [0, 0.05) is 0 Å². The first-order valence-corrected chi connectivity index (χ1v) is 5.89. The van der Waals surface area contributed by atoms with Crippen molar-refractivity contribution in [2.45, 2.75) is 6.54 Å². The molecule has 0 spiro atoms. The maximum Gasteiger partial charge on any atom is 0.193 e. The molecule has 0 amide bonds. The SMILES string of the molecule is N#Cc1ccccc1NC(N)=NCc1ccccc1. The predicted octanol–water partition coefficient (Wildman–Crippen LogP) is 2.49. The molecular formula is C15H14N4. The number of aliphatic imine (C=N–C) groups is 1. The Labute approximate surface area is 112 Å². The molecule has 0 heterocycles. The molecule has 2 aromatic carbocycles. The van der Waals surface area contributed by atoms with E-state index >= 15 is 0 Å². The smallest absolute Gasteiger partial charge is 0.193 e. The Morgan fingerprint density at radius 3 is 2.53 bits per heavy atom. The van der Waals surface area contributed by atoms with Gasteiger partial charge in [0.2, 0.25) is 0 Å². The topological polar surface area (TPSA) is 74.2 Å². The van der Waals surface area contributed by atoms with Crippen LogP contribution in [0.25, 0.3) is 0 Å². The summed E-state index contributed by atoms with van der Waals surface area (Å²) in [6.07, 6.45) is 0. The van der Waals surface area contributed by atoms with Crippen LogP contribution in [-0.2, 0) is 6.54 Å². The van der Waals surface area contributed by atoms with Crippen LogP contribution in [0.2, 0.25) is 0 Å². The van der Waals surface area contributed by atoms with Crippen molar-refractivity contribution < 1.29 is 0 Å². The Morgan fingerprint density at radius 2 is 1.79 bits per heavy atom. The third-order valence-corrected chi connectivity index (χ3v) is 2.59. The summed E-state index contributed by atoms with van der Waals surface area (Å²) >= 11 is 0. The lowest BCUT2D eigenvalue weighted by molar-refractivity contribution is 1.06. The minimum atomic E-state index is 0.298. The second kappa shape index (κ2) is 6.22. The highest BCUT2D eigenvalue weighted by Gasteiger charge is 2.01. The van der Waals surface area contributed by atoms with Gasteiger partial charge in [0.1, 0.15) is 6.07 Å².